The van der Waals surface area contributed by atoms with Crippen LogP contribution < -0.4 is 0 Å². The van der Waals surface area contributed by atoms with Crippen molar-refractivity contribution in [1.29, 1.82) is 0 Å². The Balaban J connectivity index is 2.12. The molecule has 1 saturated heterocycles. The highest BCUT2D eigenvalue weighted by molar-refractivity contribution is 7.89. The summed E-state index contributed by atoms with van der Waals surface area (Å²) in [4.78, 5) is 17.8. The predicted octanol–water partition coefficient (Wildman–Crippen LogP) is 0.953. The Kier molecular flexibility index (Phi) is 4.91. The van der Waals surface area contributed by atoms with Gasteiger partial charge in [0.15, 0.2) is 5.03 Å². The lowest BCUT2D eigenvalue weighted by Gasteiger charge is -2.34. The highest BCUT2D eigenvalue weighted by Gasteiger charge is 2.34. The van der Waals surface area contributed by atoms with Crippen molar-refractivity contribution < 1.29 is 13.2 Å². The van der Waals surface area contributed by atoms with Gasteiger partial charge in [-0.15, -0.1) is 0 Å². The lowest BCUT2D eigenvalue weighted by atomic mass is 10.2. The number of carbonyl (C=O) groups excluding carboxylic acids is 1. The molecule has 0 atom stereocenters. The molecule has 1 aromatic heterocycles. The molecular formula is C14H24N4O3S. The number of hydrogen-bond donors (Lipinski definition) is 0. The first-order valence-electron chi connectivity index (χ1n) is 7.53. The van der Waals surface area contributed by atoms with Crippen LogP contribution in [-0.2, 0) is 14.8 Å². The van der Waals surface area contributed by atoms with E-state index in [1.165, 1.54) is 16.8 Å². The van der Waals surface area contributed by atoms with Crippen molar-refractivity contribution >= 4 is 15.9 Å². The molecular weight excluding hydrogens is 304 g/mol. The summed E-state index contributed by atoms with van der Waals surface area (Å²) in [6.07, 6.45) is 3.03. The molecule has 8 heteroatoms. The summed E-state index contributed by atoms with van der Waals surface area (Å²) >= 11 is 0. The van der Waals surface area contributed by atoms with Gasteiger partial charge in [0.1, 0.15) is 0 Å². The molecule has 7 nitrogen and oxygen atoms in total. The summed E-state index contributed by atoms with van der Waals surface area (Å²) in [7, 11) is -3.71. The third kappa shape index (κ3) is 3.49. The highest BCUT2D eigenvalue weighted by Crippen LogP contribution is 2.18. The van der Waals surface area contributed by atoms with Crippen LogP contribution in [0.15, 0.2) is 17.6 Å². The molecule has 124 valence electrons. The minimum atomic E-state index is -3.71. The fourth-order valence-electron chi connectivity index (χ4n) is 2.39. The summed E-state index contributed by atoms with van der Waals surface area (Å²) in [5.41, 5.74) is 0. The zero-order valence-electron chi connectivity index (χ0n) is 13.6. The number of aromatic nitrogens is 2. The van der Waals surface area contributed by atoms with Gasteiger partial charge in [0.25, 0.3) is 10.0 Å². The summed E-state index contributed by atoms with van der Waals surface area (Å²) in [5, 5.41) is 0.00584. The summed E-state index contributed by atoms with van der Waals surface area (Å²) < 4.78 is 28.1. The highest BCUT2D eigenvalue weighted by atomic mass is 32.2. The molecule has 2 rings (SSSR count). The molecule has 0 bridgehead atoms. The van der Waals surface area contributed by atoms with Crippen molar-refractivity contribution in [3.05, 3.63) is 12.5 Å². The van der Waals surface area contributed by atoms with Crippen LogP contribution in [0.2, 0.25) is 0 Å². The van der Waals surface area contributed by atoms with E-state index in [2.05, 4.69) is 4.98 Å². The summed E-state index contributed by atoms with van der Waals surface area (Å²) in [5.74, 6) is 0.223. The number of rotatable bonds is 5. The number of piperazine rings is 1. The molecule has 0 aromatic carbocycles. The lowest BCUT2D eigenvalue weighted by Crippen LogP contribution is -2.52. The van der Waals surface area contributed by atoms with Gasteiger partial charge in [-0.05, 0) is 19.8 Å². The predicted molar refractivity (Wildman–Crippen MR) is 82.8 cm³/mol. The zero-order chi connectivity index (χ0) is 16.5. The fraction of sp³-hybridized carbons (Fsp3) is 0.714. The van der Waals surface area contributed by atoms with E-state index in [1.54, 1.807) is 9.47 Å². The van der Waals surface area contributed by atoms with E-state index in [1.807, 2.05) is 27.7 Å². The van der Waals surface area contributed by atoms with Crippen molar-refractivity contribution in [2.75, 3.05) is 26.2 Å². The molecule has 1 amide bonds. The van der Waals surface area contributed by atoms with E-state index in [0.29, 0.717) is 25.6 Å². The fourth-order valence-corrected chi connectivity index (χ4v) is 3.69. The van der Waals surface area contributed by atoms with E-state index in [0.717, 1.165) is 0 Å². The number of sulfonamides is 1. The van der Waals surface area contributed by atoms with Crippen LogP contribution in [0, 0.1) is 5.92 Å². The molecule has 2 heterocycles. The van der Waals surface area contributed by atoms with Gasteiger partial charge in [-0.25, -0.2) is 13.4 Å². The van der Waals surface area contributed by atoms with Gasteiger partial charge < -0.3 is 9.47 Å². The molecule has 22 heavy (non-hydrogen) atoms. The molecule has 0 aliphatic carbocycles. The second kappa shape index (κ2) is 6.37. The van der Waals surface area contributed by atoms with Crippen LogP contribution in [0.5, 0.6) is 0 Å². The number of amides is 1. The number of carbonyl (C=O) groups is 1. The Labute approximate surface area is 132 Å². The standard InChI is InChI=1S/C14H24N4O3S/c1-11(2)7-16-5-6-18(9-14(16)19)22(20,21)13-8-17(10-15-13)12(3)4/h8,10-12H,5-7,9H2,1-4H3. The lowest BCUT2D eigenvalue weighted by molar-refractivity contribution is -0.134. The van der Waals surface area contributed by atoms with Gasteiger partial charge in [-0.2, -0.15) is 4.31 Å². The molecule has 0 unspecified atom stereocenters. The van der Waals surface area contributed by atoms with Gasteiger partial charge in [-0.3, -0.25) is 4.79 Å². The Morgan fingerprint density at radius 1 is 1.23 bits per heavy atom. The SMILES string of the molecule is CC(C)CN1CCN(S(=O)(=O)c2cn(C(C)C)cn2)CC1=O. The van der Waals surface area contributed by atoms with Gasteiger partial charge in [-0.1, -0.05) is 13.8 Å². The van der Waals surface area contributed by atoms with Crippen LogP contribution in [0.25, 0.3) is 0 Å². The minimum absolute atomic E-state index is 0.00584. The van der Waals surface area contributed by atoms with Crippen LogP contribution in [0.4, 0.5) is 0 Å². The third-order valence-electron chi connectivity index (χ3n) is 3.65. The number of imidazole rings is 1. The molecule has 0 N–H and O–H groups in total. The molecule has 0 spiro atoms. The largest absolute Gasteiger partial charge is 0.340 e. The van der Waals surface area contributed by atoms with Gasteiger partial charge in [0.05, 0.1) is 12.9 Å². The quantitative estimate of drug-likeness (QED) is 0.806. The van der Waals surface area contributed by atoms with E-state index in [-0.39, 0.29) is 23.5 Å². The number of hydrogen-bond acceptors (Lipinski definition) is 4. The van der Waals surface area contributed by atoms with Gasteiger partial charge in [0.2, 0.25) is 5.91 Å². The second-order valence-corrected chi connectivity index (χ2v) is 8.21. The monoisotopic (exact) mass is 328 g/mol. The molecule has 1 fully saturated rings. The Hall–Kier alpha value is -1.41. The van der Waals surface area contributed by atoms with E-state index < -0.39 is 10.0 Å². The third-order valence-corrected chi connectivity index (χ3v) is 5.38. The average molecular weight is 328 g/mol. The molecule has 0 saturated carbocycles. The molecule has 0 radical (unpaired) electrons. The average Bonchev–Trinajstić information content (AvgIpc) is 2.91. The topological polar surface area (TPSA) is 75.5 Å². The summed E-state index contributed by atoms with van der Waals surface area (Å²) in [6.45, 7) is 9.28. The van der Waals surface area contributed by atoms with E-state index in [9.17, 15) is 13.2 Å². The normalized spacial score (nSPS) is 17.7. The van der Waals surface area contributed by atoms with E-state index >= 15 is 0 Å². The van der Waals surface area contributed by atoms with Crippen LogP contribution in [0.1, 0.15) is 33.7 Å². The summed E-state index contributed by atoms with van der Waals surface area (Å²) in [6, 6.07) is 0.140. The van der Waals surface area contributed by atoms with E-state index in [4.69, 9.17) is 0 Å². The van der Waals surface area contributed by atoms with Crippen molar-refractivity contribution in [2.45, 2.75) is 38.8 Å². The van der Waals surface area contributed by atoms with Crippen molar-refractivity contribution in [2.24, 2.45) is 5.92 Å². The Morgan fingerprint density at radius 2 is 1.91 bits per heavy atom. The van der Waals surface area contributed by atoms with Crippen molar-refractivity contribution in [3.63, 3.8) is 0 Å². The van der Waals surface area contributed by atoms with Crippen molar-refractivity contribution in [1.82, 2.24) is 18.8 Å². The Bertz CT molecular complexity index is 636. The van der Waals surface area contributed by atoms with Crippen LogP contribution in [0.3, 0.4) is 0 Å². The maximum absolute atomic E-state index is 12.6. The minimum Gasteiger partial charge on any atom is -0.340 e. The molecule has 1 aliphatic heterocycles. The first-order valence-corrected chi connectivity index (χ1v) is 8.97. The maximum Gasteiger partial charge on any atom is 0.262 e. The second-order valence-electron chi connectivity index (χ2n) is 6.33. The van der Waals surface area contributed by atoms with Gasteiger partial charge >= 0.3 is 0 Å². The maximum atomic E-state index is 12.6. The number of nitrogens with zero attached hydrogens (tertiary/aromatic N) is 4. The Morgan fingerprint density at radius 3 is 2.41 bits per heavy atom. The van der Waals surface area contributed by atoms with Crippen molar-refractivity contribution in [3.8, 4) is 0 Å². The smallest absolute Gasteiger partial charge is 0.262 e. The molecule has 1 aliphatic rings. The van der Waals surface area contributed by atoms with Crippen LogP contribution >= 0.6 is 0 Å². The first kappa shape index (κ1) is 17.0. The molecule has 1 aromatic rings. The van der Waals surface area contributed by atoms with Crippen LogP contribution in [-0.4, -0.2) is 59.3 Å². The zero-order valence-corrected chi connectivity index (χ0v) is 14.4. The van der Waals surface area contributed by atoms with Gasteiger partial charge in [0, 0.05) is 31.9 Å². The first-order chi connectivity index (χ1) is 10.2.